The molecule has 3 rings (SSSR count). The zero-order valence-corrected chi connectivity index (χ0v) is 21.2. The Hall–Kier alpha value is -0.750. The smallest absolute Gasteiger partial charge is 0.195 e. The van der Waals surface area contributed by atoms with E-state index >= 15 is 0 Å². The minimum atomic E-state index is 0. The van der Waals surface area contributed by atoms with Gasteiger partial charge in [0.2, 0.25) is 0 Å². The normalized spacial score (nSPS) is 22.4. The topological polar surface area (TPSA) is 67.4 Å². The summed E-state index contributed by atoms with van der Waals surface area (Å²) >= 11 is 2.04. The summed E-state index contributed by atoms with van der Waals surface area (Å²) in [5.74, 6) is 4.00. The first-order valence-electron chi connectivity index (χ1n) is 10.4. The summed E-state index contributed by atoms with van der Waals surface area (Å²) in [5.41, 5.74) is 1.14. The number of hydrogen-bond donors (Lipinski definition) is 2. The number of methoxy groups -OCH3 is 1. The van der Waals surface area contributed by atoms with Gasteiger partial charge in [-0.2, -0.15) is 11.8 Å². The Balaban J connectivity index is 0.00000320. The van der Waals surface area contributed by atoms with Gasteiger partial charge in [0.25, 0.3) is 0 Å². The monoisotopic (exact) mass is 550 g/mol. The Morgan fingerprint density at radius 3 is 2.83 bits per heavy atom. The van der Waals surface area contributed by atoms with Crippen LogP contribution in [0.2, 0.25) is 0 Å². The number of anilines is 1. The van der Waals surface area contributed by atoms with Crippen molar-refractivity contribution in [2.24, 2.45) is 4.99 Å². The van der Waals surface area contributed by atoms with Crippen molar-refractivity contribution in [2.45, 2.75) is 18.4 Å². The van der Waals surface area contributed by atoms with E-state index in [1.54, 1.807) is 7.11 Å². The van der Waals surface area contributed by atoms with Crippen LogP contribution in [-0.4, -0.2) is 88.1 Å². The first-order valence-corrected chi connectivity index (χ1v) is 11.5. The van der Waals surface area contributed by atoms with Crippen LogP contribution in [0, 0.1) is 0 Å². The Kier molecular flexibility index (Phi) is 11.6. The molecular formula is C21H35IN4O3S. The summed E-state index contributed by atoms with van der Waals surface area (Å²) in [6.07, 6.45) is 2.07. The number of thioether (sulfide) groups is 1. The van der Waals surface area contributed by atoms with Gasteiger partial charge in [-0.3, -0.25) is 9.89 Å². The van der Waals surface area contributed by atoms with Crippen LogP contribution in [0.1, 0.15) is 12.8 Å². The van der Waals surface area contributed by atoms with Crippen molar-refractivity contribution in [1.82, 2.24) is 10.2 Å². The summed E-state index contributed by atoms with van der Waals surface area (Å²) in [7, 11) is 3.52. The molecule has 2 saturated heterocycles. The fourth-order valence-electron chi connectivity index (χ4n) is 3.76. The Morgan fingerprint density at radius 2 is 2.13 bits per heavy atom. The van der Waals surface area contributed by atoms with Gasteiger partial charge in [0.15, 0.2) is 5.96 Å². The van der Waals surface area contributed by atoms with Gasteiger partial charge in [-0.15, -0.1) is 24.0 Å². The molecule has 2 N–H and O–H groups in total. The zero-order valence-electron chi connectivity index (χ0n) is 18.0. The highest BCUT2D eigenvalue weighted by Crippen LogP contribution is 2.33. The Bertz CT molecular complexity index is 653. The largest absolute Gasteiger partial charge is 0.493 e. The lowest BCUT2D eigenvalue weighted by Gasteiger charge is -2.43. The highest BCUT2D eigenvalue weighted by atomic mass is 127. The quantitative estimate of drug-likeness (QED) is 0.212. The maximum absolute atomic E-state index is 5.80. The maximum Gasteiger partial charge on any atom is 0.195 e. The fraction of sp³-hybridized carbons (Fsp3) is 0.667. The maximum atomic E-state index is 5.80. The molecule has 0 aromatic heterocycles. The average molecular weight is 551 g/mol. The molecule has 2 aliphatic heterocycles. The van der Waals surface area contributed by atoms with Crippen LogP contribution >= 0.6 is 35.7 Å². The molecule has 170 valence electrons. The first kappa shape index (κ1) is 25.5. The lowest BCUT2D eigenvalue weighted by atomic mass is 9.95. The second kappa shape index (κ2) is 13.6. The van der Waals surface area contributed by atoms with Crippen molar-refractivity contribution in [3.63, 3.8) is 0 Å². The van der Waals surface area contributed by atoms with Crippen LogP contribution in [0.3, 0.4) is 0 Å². The molecule has 1 aromatic rings. The second-order valence-electron chi connectivity index (χ2n) is 7.40. The van der Waals surface area contributed by atoms with Crippen LogP contribution in [0.25, 0.3) is 0 Å². The van der Waals surface area contributed by atoms with E-state index in [0.717, 1.165) is 62.4 Å². The molecule has 1 aromatic carbocycles. The van der Waals surface area contributed by atoms with E-state index in [9.17, 15) is 0 Å². The van der Waals surface area contributed by atoms with E-state index in [0.29, 0.717) is 13.2 Å². The van der Waals surface area contributed by atoms with Crippen molar-refractivity contribution in [3.8, 4) is 5.75 Å². The number of nitrogens with one attached hydrogen (secondary N) is 2. The van der Waals surface area contributed by atoms with Crippen molar-refractivity contribution in [3.05, 3.63) is 24.3 Å². The first-order chi connectivity index (χ1) is 14.3. The molecule has 9 heteroatoms. The second-order valence-corrected chi connectivity index (χ2v) is 8.50. The molecule has 0 aliphatic carbocycles. The highest BCUT2D eigenvalue weighted by molar-refractivity contribution is 14.0. The molecule has 0 amide bonds. The van der Waals surface area contributed by atoms with Gasteiger partial charge >= 0.3 is 0 Å². The number of nitrogens with zero attached hydrogens (tertiary/aromatic N) is 2. The summed E-state index contributed by atoms with van der Waals surface area (Å²) < 4.78 is 16.4. The molecule has 0 radical (unpaired) electrons. The van der Waals surface area contributed by atoms with E-state index < -0.39 is 0 Å². The predicted octanol–water partition coefficient (Wildman–Crippen LogP) is 2.92. The van der Waals surface area contributed by atoms with Crippen molar-refractivity contribution in [2.75, 3.05) is 77.0 Å². The predicted molar refractivity (Wildman–Crippen MR) is 136 cm³/mol. The van der Waals surface area contributed by atoms with Gasteiger partial charge in [-0.25, -0.2) is 0 Å². The van der Waals surface area contributed by atoms with Crippen molar-refractivity contribution < 1.29 is 14.2 Å². The standard InChI is InChI=1S/C21H34N4O3S.HI/c1-22-20(24-18-5-3-6-19(15-18)28-11-4-10-26-2)23-16-21(7-14-29-17-21)25-8-12-27-13-9-25;/h3,5-6,15H,4,7-14,16-17H2,1-2H3,(H2,22,23,24);1H. The SMILES string of the molecule is CN=C(NCC1(N2CCOCC2)CCSC1)Nc1cccc(OCCCOC)c1.I. The number of morpholine rings is 1. The molecular weight excluding hydrogens is 515 g/mol. The Labute approximate surface area is 201 Å². The third-order valence-corrected chi connectivity index (χ3v) is 6.67. The summed E-state index contributed by atoms with van der Waals surface area (Å²) in [5, 5.41) is 6.96. The number of ether oxygens (including phenoxy) is 3. The van der Waals surface area contributed by atoms with Crippen LogP contribution in [-0.2, 0) is 9.47 Å². The minimum Gasteiger partial charge on any atom is -0.493 e. The highest BCUT2D eigenvalue weighted by Gasteiger charge is 2.40. The molecule has 0 bridgehead atoms. The molecule has 2 fully saturated rings. The fourth-order valence-corrected chi connectivity index (χ4v) is 5.23. The van der Waals surface area contributed by atoms with Gasteiger partial charge < -0.3 is 24.8 Å². The molecule has 1 atom stereocenters. The molecule has 0 saturated carbocycles. The van der Waals surface area contributed by atoms with Gasteiger partial charge in [-0.05, 0) is 24.3 Å². The lowest BCUT2D eigenvalue weighted by molar-refractivity contribution is -0.0119. The number of rotatable bonds is 9. The third-order valence-electron chi connectivity index (χ3n) is 5.43. The van der Waals surface area contributed by atoms with E-state index in [1.165, 1.54) is 12.2 Å². The summed E-state index contributed by atoms with van der Waals surface area (Å²) in [4.78, 5) is 7.03. The number of aliphatic imine (C=N–C) groups is 1. The van der Waals surface area contributed by atoms with Gasteiger partial charge in [0.05, 0.1) is 19.8 Å². The third kappa shape index (κ3) is 7.44. The Morgan fingerprint density at radius 1 is 1.30 bits per heavy atom. The van der Waals surface area contributed by atoms with Crippen LogP contribution < -0.4 is 15.4 Å². The molecule has 2 aliphatic rings. The minimum absolute atomic E-state index is 0. The van der Waals surface area contributed by atoms with Gasteiger partial charge in [0.1, 0.15) is 5.75 Å². The molecule has 7 nitrogen and oxygen atoms in total. The van der Waals surface area contributed by atoms with Crippen molar-refractivity contribution in [1.29, 1.82) is 0 Å². The van der Waals surface area contributed by atoms with Gasteiger partial charge in [-0.1, -0.05) is 6.07 Å². The molecule has 0 spiro atoms. The molecule has 2 heterocycles. The number of halogens is 1. The van der Waals surface area contributed by atoms with Crippen LogP contribution in [0.15, 0.2) is 29.3 Å². The summed E-state index contributed by atoms with van der Waals surface area (Å²) in [6, 6.07) is 7.99. The van der Waals surface area contributed by atoms with E-state index in [1.807, 2.05) is 43.1 Å². The molecule has 30 heavy (non-hydrogen) atoms. The van der Waals surface area contributed by atoms with E-state index in [-0.39, 0.29) is 29.5 Å². The van der Waals surface area contributed by atoms with Crippen LogP contribution in [0.5, 0.6) is 5.75 Å². The van der Waals surface area contributed by atoms with E-state index in [2.05, 4.69) is 20.5 Å². The van der Waals surface area contributed by atoms with E-state index in [4.69, 9.17) is 14.2 Å². The van der Waals surface area contributed by atoms with Crippen LogP contribution in [0.4, 0.5) is 5.69 Å². The lowest BCUT2D eigenvalue weighted by Crippen LogP contribution is -2.59. The van der Waals surface area contributed by atoms with Gasteiger partial charge in [0, 0.05) is 69.9 Å². The molecule has 1 unspecified atom stereocenters. The van der Waals surface area contributed by atoms with Crippen molar-refractivity contribution >= 4 is 47.4 Å². The average Bonchev–Trinajstić information content (AvgIpc) is 3.25. The number of hydrogen-bond acceptors (Lipinski definition) is 6. The number of guanidine groups is 1. The summed E-state index contributed by atoms with van der Waals surface area (Å²) in [6.45, 7) is 5.91. The number of benzene rings is 1. The zero-order chi connectivity index (χ0) is 20.4.